The highest BCUT2D eigenvalue weighted by molar-refractivity contribution is 6.21. The highest BCUT2D eigenvalue weighted by Gasteiger charge is 2.20. The zero-order valence-corrected chi connectivity index (χ0v) is 21.7. The van der Waals surface area contributed by atoms with Gasteiger partial charge in [0.15, 0.2) is 5.88 Å². The number of aromatic amines is 1. The van der Waals surface area contributed by atoms with Crippen LogP contribution in [0.25, 0.3) is 10.9 Å². The lowest BCUT2D eigenvalue weighted by Crippen LogP contribution is -2.36. The maximum Gasteiger partial charge on any atom is 0.258 e. The third-order valence-corrected chi connectivity index (χ3v) is 6.37. The van der Waals surface area contributed by atoms with Crippen molar-refractivity contribution in [3.8, 4) is 5.88 Å². The molecule has 0 aliphatic heterocycles. The molecule has 0 aliphatic rings. The summed E-state index contributed by atoms with van der Waals surface area (Å²) in [5.74, 6) is -0.603. The van der Waals surface area contributed by atoms with E-state index in [9.17, 15) is 14.3 Å². The minimum absolute atomic E-state index is 0.0902. The number of aromatic nitrogens is 2. The van der Waals surface area contributed by atoms with Gasteiger partial charge in [-0.25, -0.2) is 9.38 Å². The molecular formula is C31H28FN5O2. The summed E-state index contributed by atoms with van der Waals surface area (Å²) in [6.07, 6.45) is 3.21. The lowest BCUT2D eigenvalue weighted by atomic mass is 10.0. The normalized spacial score (nSPS) is 11.7. The van der Waals surface area contributed by atoms with Gasteiger partial charge in [-0.15, -0.1) is 0 Å². The molecule has 0 saturated carbocycles. The molecule has 0 bridgehead atoms. The average molecular weight is 522 g/mol. The maximum absolute atomic E-state index is 13.9. The van der Waals surface area contributed by atoms with Crippen molar-refractivity contribution >= 4 is 33.9 Å². The number of H-pyrrole nitrogens is 1. The van der Waals surface area contributed by atoms with Crippen molar-refractivity contribution in [1.82, 2.24) is 14.9 Å². The van der Waals surface area contributed by atoms with E-state index in [1.807, 2.05) is 73.6 Å². The molecule has 1 amide bonds. The van der Waals surface area contributed by atoms with Gasteiger partial charge in [0.2, 0.25) is 0 Å². The van der Waals surface area contributed by atoms with Gasteiger partial charge in [0.25, 0.3) is 5.91 Å². The van der Waals surface area contributed by atoms with E-state index in [1.165, 1.54) is 12.1 Å². The number of carbonyl (C=O) groups is 1. The second-order valence-corrected chi connectivity index (χ2v) is 9.38. The van der Waals surface area contributed by atoms with Crippen LogP contribution in [0.1, 0.15) is 21.5 Å². The van der Waals surface area contributed by atoms with Crippen LogP contribution in [0.5, 0.6) is 5.88 Å². The van der Waals surface area contributed by atoms with Crippen LogP contribution in [0, 0.1) is 5.82 Å². The van der Waals surface area contributed by atoms with E-state index in [1.54, 1.807) is 35.5 Å². The molecule has 0 fully saturated rings. The van der Waals surface area contributed by atoms with Crippen LogP contribution in [-0.2, 0) is 0 Å². The summed E-state index contributed by atoms with van der Waals surface area (Å²) in [5, 5.41) is 11.5. The fourth-order valence-corrected chi connectivity index (χ4v) is 4.39. The van der Waals surface area contributed by atoms with E-state index in [-0.39, 0.29) is 11.8 Å². The van der Waals surface area contributed by atoms with Crippen molar-refractivity contribution in [2.75, 3.05) is 32.1 Å². The van der Waals surface area contributed by atoms with Crippen LogP contribution in [0.2, 0.25) is 0 Å². The predicted octanol–water partition coefficient (Wildman–Crippen LogP) is 5.79. The van der Waals surface area contributed by atoms with Crippen LogP contribution in [-0.4, -0.2) is 58.8 Å². The summed E-state index contributed by atoms with van der Waals surface area (Å²) in [5.41, 5.74) is 4.23. The number of rotatable bonds is 8. The number of fused-ring (bicyclic) bond motifs is 1. The van der Waals surface area contributed by atoms with E-state index in [0.29, 0.717) is 46.5 Å². The lowest BCUT2D eigenvalue weighted by Gasteiger charge is -2.24. The van der Waals surface area contributed by atoms with Crippen LogP contribution < -0.4 is 4.90 Å². The topological polar surface area (TPSA) is 84.8 Å². The van der Waals surface area contributed by atoms with E-state index in [2.05, 4.69) is 9.97 Å². The second-order valence-electron chi connectivity index (χ2n) is 9.38. The second kappa shape index (κ2) is 11.3. The zero-order chi connectivity index (χ0) is 27.4. The number of benzene rings is 3. The fraction of sp³-hybridized carbons (Fsp3) is 0.129. The molecule has 0 saturated heterocycles. The van der Waals surface area contributed by atoms with Crippen molar-refractivity contribution in [3.63, 3.8) is 0 Å². The molecule has 8 heteroatoms. The average Bonchev–Trinajstić information content (AvgIpc) is 3.27. The Hall–Kier alpha value is -4.82. The summed E-state index contributed by atoms with van der Waals surface area (Å²) in [6.45, 7) is 1.20. The minimum atomic E-state index is -0.399. The standard InChI is InChI=1S/C31H28FN5O2/c1-36(2)18-19-37(31(39)22-14-16-33-17-15-22)25-11-9-24(10-12-25)34-29(21-6-4-3-5-7-21)28-26-13-8-23(32)20-27(26)35-30(28)38/h3-17,20,35,38H,18-19H2,1-2H3. The van der Waals surface area contributed by atoms with Gasteiger partial charge >= 0.3 is 0 Å². The maximum atomic E-state index is 13.9. The van der Waals surface area contributed by atoms with Gasteiger partial charge in [-0.3, -0.25) is 9.78 Å². The Bertz CT molecular complexity index is 1610. The number of nitrogens with zero attached hydrogens (tertiary/aromatic N) is 4. The van der Waals surface area contributed by atoms with Crippen molar-refractivity contribution < 1.29 is 14.3 Å². The fourth-order valence-electron chi connectivity index (χ4n) is 4.39. The van der Waals surface area contributed by atoms with Crippen LogP contribution in [0.3, 0.4) is 0 Å². The molecule has 5 aromatic rings. The minimum Gasteiger partial charge on any atom is -0.494 e. The van der Waals surface area contributed by atoms with E-state index >= 15 is 0 Å². The van der Waals surface area contributed by atoms with Crippen molar-refractivity contribution in [2.45, 2.75) is 0 Å². The van der Waals surface area contributed by atoms with Gasteiger partial charge in [0.05, 0.1) is 22.5 Å². The summed E-state index contributed by atoms with van der Waals surface area (Å²) >= 11 is 0. The van der Waals surface area contributed by atoms with Crippen LogP contribution in [0.15, 0.2) is 102 Å². The molecular weight excluding hydrogens is 493 g/mol. The summed E-state index contributed by atoms with van der Waals surface area (Å²) in [7, 11) is 3.93. The number of carbonyl (C=O) groups excluding carboxylic acids is 1. The molecule has 5 rings (SSSR count). The Kier molecular flexibility index (Phi) is 7.47. The molecule has 0 spiro atoms. The van der Waals surface area contributed by atoms with E-state index < -0.39 is 5.82 Å². The Morgan fingerprint density at radius 1 is 0.923 bits per heavy atom. The third-order valence-electron chi connectivity index (χ3n) is 6.37. The molecule has 196 valence electrons. The number of halogens is 1. The molecule has 2 aromatic heterocycles. The monoisotopic (exact) mass is 521 g/mol. The van der Waals surface area contributed by atoms with Gasteiger partial charge in [-0.1, -0.05) is 30.3 Å². The third kappa shape index (κ3) is 5.71. The highest BCUT2D eigenvalue weighted by Crippen LogP contribution is 2.32. The largest absolute Gasteiger partial charge is 0.494 e. The number of hydrogen-bond acceptors (Lipinski definition) is 5. The molecule has 0 aliphatic carbocycles. The SMILES string of the molecule is CN(C)CCN(C(=O)c1ccncc1)c1ccc(N=C(c2ccccc2)c2c(O)[nH]c3cc(F)ccc23)cc1. The summed E-state index contributed by atoms with van der Waals surface area (Å²) in [6, 6.07) is 24.7. The Morgan fingerprint density at radius 2 is 1.64 bits per heavy atom. The first-order valence-electron chi connectivity index (χ1n) is 12.5. The smallest absolute Gasteiger partial charge is 0.258 e. The summed E-state index contributed by atoms with van der Waals surface area (Å²) in [4.78, 5) is 28.9. The number of anilines is 1. The van der Waals surface area contributed by atoms with E-state index in [0.717, 1.165) is 11.3 Å². The predicted molar refractivity (Wildman–Crippen MR) is 153 cm³/mol. The highest BCUT2D eigenvalue weighted by atomic mass is 19.1. The van der Waals surface area contributed by atoms with Gasteiger partial charge < -0.3 is 19.9 Å². The Labute approximate surface area is 225 Å². The van der Waals surface area contributed by atoms with Gasteiger partial charge in [-0.05, 0) is 68.7 Å². The number of amides is 1. The van der Waals surface area contributed by atoms with Gasteiger partial charge in [0, 0.05) is 47.7 Å². The van der Waals surface area contributed by atoms with Crippen molar-refractivity contribution in [1.29, 1.82) is 0 Å². The molecule has 3 aromatic carbocycles. The molecule has 2 N–H and O–H groups in total. The zero-order valence-electron chi connectivity index (χ0n) is 21.7. The lowest BCUT2D eigenvalue weighted by molar-refractivity contribution is 0.0985. The number of nitrogens with one attached hydrogen (secondary N) is 1. The van der Waals surface area contributed by atoms with Crippen LogP contribution >= 0.6 is 0 Å². The molecule has 7 nitrogen and oxygen atoms in total. The summed E-state index contributed by atoms with van der Waals surface area (Å²) < 4.78 is 13.9. The van der Waals surface area contributed by atoms with Crippen molar-refractivity contribution in [2.24, 2.45) is 4.99 Å². The first kappa shape index (κ1) is 25.8. The molecule has 2 heterocycles. The molecule has 0 unspecified atom stereocenters. The number of aliphatic imine (C=N–C) groups is 1. The molecule has 0 atom stereocenters. The van der Waals surface area contributed by atoms with E-state index in [4.69, 9.17) is 4.99 Å². The van der Waals surface area contributed by atoms with Gasteiger partial charge in [-0.2, -0.15) is 0 Å². The number of hydrogen-bond donors (Lipinski definition) is 2. The molecule has 0 radical (unpaired) electrons. The quantitative estimate of drug-likeness (QED) is 0.253. The van der Waals surface area contributed by atoms with Gasteiger partial charge in [0.1, 0.15) is 5.82 Å². The van der Waals surface area contributed by atoms with Crippen LogP contribution in [0.4, 0.5) is 15.8 Å². The Morgan fingerprint density at radius 3 is 2.33 bits per heavy atom. The number of aromatic hydroxyl groups is 1. The number of likely N-dealkylation sites (N-methyl/N-ethyl adjacent to an activating group) is 1. The van der Waals surface area contributed by atoms with Crippen molar-refractivity contribution in [3.05, 3.63) is 120 Å². The first-order valence-corrected chi connectivity index (χ1v) is 12.5. The molecule has 39 heavy (non-hydrogen) atoms. The first-order chi connectivity index (χ1) is 18.9. The Balaban J connectivity index is 1.55. The number of pyridine rings is 1.